The number of methoxy groups -OCH3 is 1. The molecule has 2 aliphatic rings. The van der Waals surface area contributed by atoms with E-state index in [9.17, 15) is 10.1 Å². The average molecular weight is 398 g/mol. The number of esters is 1. The van der Waals surface area contributed by atoms with Gasteiger partial charge in [-0.15, -0.1) is 0 Å². The van der Waals surface area contributed by atoms with Gasteiger partial charge in [0.15, 0.2) is 5.17 Å². The average Bonchev–Trinajstić information content (AvgIpc) is 2.95. The van der Waals surface area contributed by atoms with Gasteiger partial charge in [-0.3, -0.25) is 4.90 Å². The number of hydrogen-bond donors (Lipinski definition) is 1. The van der Waals surface area contributed by atoms with Gasteiger partial charge in [-0.25, -0.2) is 9.79 Å². The quantitative estimate of drug-likeness (QED) is 0.776. The van der Waals surface area contributed by atoms with Crippen LogP contribution in [-0.4, -0.2) is 29.3 Å². The van der Waals surface area contributed by atoms with Crippen LogP contribution in [0.1, 0.15) is 37.9 Å². The number of rotatable bonds is 4. The first kappa shape index (κ1) is 19.8. The monoisotopic (exact) mass is 398 g/mol. The van der Waals surface area contributed by atoms with E-state index in [0.29, 0.717) is 27.1 Å². The maximum absolute atomic E-state index is 12.9. The number of nitrogens with zero attached hydrogens (tertiary/aromatic N) is 3. The topological polar surface area (TPSA) is 101 Å². The van der Waals surface area contributed by atoms with E-state index in [1.54, 1.807) is 32.8 Å². The van der Waals surface area contributed by atoms with Gasteiger partial charge in [-0.1, -0.05) is 12.1 Å². The number of carbonyl (C=O) groups excluding carboxylic acids is 1. The highest BCUT2D eigenvalue weighted by Gasteiger charge is 2.43. The fourth-order valence-corrected chi connectivity index (χ4v) is 4.12. The maximum Gasteiger partial charge on any atom is 0.338 e. The Morgan fingerprint density at radius 1 is 1.39 bits per heavy atom. The van der Waals surface area contributed by atoms with Crippen molar-refractivity contribution in [1.29, 1.82) is 5.26 Å². The fourth-order valence-electron chi connectivity index (χ4n) is 3.20. The molecule has 0 spiro atoms. The van der Waals surface area contributed by atoms with E-state index in [1.807, 2.05) is 25.1 Å². The molecule has 7 nitrogen and oxygen atoms in total. The second kappa shape index (κ2) is 7.60. The number of nitrogens with two attached hydrogens (primary N) is 1. The summed E-state index contributed by atoms with van der Waals surface area (Å²) in [5.74, 6) is 0.520. The number of thioether (sulfide) groups is 1. The number of fused-ring (bicyclic) bond motifs is 1. The van der Waals surface area contributed by atoms with E-state index in [0.717, 1.165) is 11.1 Å². The van der Waals surface area contributed by atoms with E-state index in [2.05, 4.69) is 11.1 Å². The third kappa shape index (κ3) is 3.34. The first-order chi connectivity index (χ1) is 13.3. The van der Waals surface area contributed by atoms with Crippen LogP contribution in [-0.2, 0) is 9.53 Å². The smallest absolute Gasteiger partial charge is 0.338 e. The fraction of sp³-hybridized carbons (Fsp3) is 0.350. The molecule has 0 bridgehead atoms. The molecule has 0 amide bonds. The van der Waals surface area contributed by atoms with Crippen LogP contribution in [0.5, 0.6) is 5.75 Å². The molecule has 2 aliphatic heterocycles. The second-order valence-corrected chi connectivity index (χ2v) is 7.75. The molecule has 146 valence electrons. The van der Waals surface area contributed by atoms with Crippen LogP contribution in [0.15, 0.2) is 45.2 Å². The number of aryl methyl sites for hydroxylation is 1. The number of allylic oxidation sites excluding steroid dienone is 2. The molecule has 0 fully saturated rings. The number of carbonyl (C=O) groups is 1. The lowest BCUT2D eigenvalue weighted by atomic mass is 9.93. The van der Waals surface area contributed by atoms with Crippen molar-refractivity contribution in [3.8, 4) is 11.8 Å². The van der Waals surface area contributed by atoms with E-state index in [4.69, 9.17) is 15.2 Å². The first-order valence-corrected chi connectivity index (χ1v) is 9.62. The summed E-state index contributed by atoms with van der Waals surface area (Å²) in [5, 5.41) is 9.97. The van der Waals surface area contributed by atoms with Crippen molar-refractivity contribution in [3.63, 3.8) is 0 Å². The summed E-state index contributed by atoms with van der Waals surface area (Å²) in [6.45, 7) is 7.30. The van der Waals surface area contributed by atoms with E-state index in [1.165, 1.54) is 11.8 Å². The predicted molar refractivity (Wildman–Crippen MR) is 108 cm³/mol. The van der Waals surface area contributed by atoms with Crippen LogP contribution in [0.4, 0.5) is 0 Å². The molecule has 3 rings (SSSR count). The van der Waals surface area contributed by atoms with Gasteiger partial charge in [0.1, 0.15) is 22.5 Å². The Labute approximate surface area is 168 Å². The van der Waals surface area contributed by atoms with Crippen molar-refractivity contribution < 1.29 is 14.3 Å². The van der Waals surface area contributed by atoms with Crippen molar-refractivity contribution in [1.82, 2.24) is 4.90 Å². The normalized spacial score (nSPS) is 18.8. The lowest BCUT2D eigenvalue weighted by Crippen LogP contribution is -2.39. The zero-order valence-corrected chi connectivity index (χ0v) is 17.3. The Hall–Kier alpha value is -2.92. The van der Waals surface area contributed by atoms with Crippen molar-refractivity contribution in [2.45, 2.75) is 39.8 Å². The van der Waals surface area contributed by atoms with Crippen LogP contribution in [0.25, 0.3) is 0 Å². The minimum absolute atomic E-state index is 0.276. The molecule has 1 aromatic rings. The number of nitriles is 1. The minimum Gasteiger partial charge on any atom is -0.496 e. The Kier molecular flexibility index (Phi) is 5.38. The maximum atomic E-state index is 12.9. The van der Waals surface area contributed by atoms with Crippen LogP contribution >= 0.6 is 11.8 Å². The molecule has 1 aromatic carbocycles. The first-order valence-electron chi connectivity index (χ1n) is 8.80. The van der Waals surface area contributed by atoms with E-state index < -0.39 is 12.0 Å². The summed E-state index contributed by atoms with van der Waals surface area (Å²) in [7, 11) is 1.60. The highest BCUT2D eigenvalue weighted by molar-refractivity contribution is 8.17. The highest BCUT2D eigenvalue weighted by atomic mass is 32.2. The number of aliphatic imine (C=N–C) groups is 1. The Bertz CT molecular complexity index is 972. The highest BCUT2D eigenvalue weighted by Crippen LogP contribution is 2.46. The van der Waals surface area contributed by atoms with Crippen LogP contribution in [0.3, 0.4) is 0 Å². The van der Waals surface area contributed by atoms with E-state index >= 15 is 0 Å². The molecular weight excluding hydrogens is 376 g/mol. The SMILES string of the molecule is COc1cc([C@H]2C(C(=O)OC(C)C)=C(C)N=C3SC(C#N)=C(N)N32)ccc1C. The van der Waals surface area contributed by atoms with Gasteiger partial charge in [0, 0.05) is 0 Å². The Morgan fingerprint density at radius 2 is 2.11 bits per heavy atom. The molecule has 28 heavy (non-hydrogen) atoms. The van der Waals surface area contributed by atoms with Crippen molar-refractivity contribution in [3.05, 3.63) is 51.3 Å². The predicted octanol–water partition coefficient (Wildman–Crippen LogP) is 3.34. The Balaban J connectivity index is 2.20. The summed E-state index contributed by atoms with van der Waals surface area (Å²) in [6.07, 6.45) is -0.276. The molecule has 0 aromatic heterocycles. The molecule has 8 heteroatoms. The molecule has 0 aliphatic carbocycles. The van der Waals surface area contributed by atoms with Gasteiger partial charge < -0.3 is 15.2 Å². The summed E-state index contributed by atoms with van der Waals surface area (Å²) in [4.78, 5) is 19.5. The summed E-state index contributed by atoms with van der Waals surface area (Å²) in [5.41, 5.74) is 8.96. The van der Waals surface area contributed by atoms with Crippen LogP contribution in [0, 0.1) is 18.3 Å². The number of amidine groups is 1. The molecule has 0 radical (unpaired) electrons. The van der Waals surface area contributed by atoms with Crippen LogP contribution < -0.4 is 10.5 Å². The van der Waals surface area contributed by atoms with Crippen molar-refractivity contribution in [2.24, 2.45) is 10.7 Å². The number of benzene rings is 1. The molecule has 1 atom stereocenters. The Morgan fingerprint density at radius 3 is 2.71 bits per heavy atom. The zero-order valence-electron chi connectivity index (χ0n) is 16.4. The lowest BCUT2D eigenvalue weighted by Gasteiger charge is -2.35. The van der Waals surface area contributed by atoms with Gasteiger partial charge in [0.25, 0.3) is 0 Å². The second-order valence-electron chi connectivity index (χ2n) is 6.78. The largest absolute Gasteiger partial charge is 0.496 e. The molecule has 0 saturated carbocycles. The molecule has 0 saturated heterocycles. The molecule has 2 heterocycles. The van der Waals surface area contributed by atoms with Gasteiger partial charge in [0.2, 0.25) is 0 Å². The summed E-state index contributed by atoms with van der Waals surface area (Å²) >= 11 is 1.20. The standard InChI is InChI=1S/C20H22N4O3S/c1-10(2)27-19(25)16-12(4)23-20-24(18(22)15(9-21)28-20)17(16)13-7-6-11(3)14(8-13)26-5/h6-8,10,17H,22H2,1-5H3/t17-/m0/s1. The number of hydrogen-bond acceptors (Lipinski definition) is 8. The zero-order chi connectivity index (χ0) is 20.6. The molecule has 2 N–H and O–H groups in total. The third-order valence-corrected chi connectivity index (χ3v) is 5.46. The third-order valence-electron chi connectivity index (χ3n) is 4.49. The van der Waals surface area contributed by atoms with Crippen LogP contribution in [0.2, 0.25) is 0 Å². The molecule has 0 unspecified atom stereocenters. The van der Waals surface area contributed by atoms with Gasteiger partial charge in [-0.2, -0.15) is 5.26 Å². The minimum atomic E-state index is -0.563. The van der Waals surface area contributed by atoms with E-state index in [-0.39, 0.29) is 11.9 Å². The summed E-state index contributed by atoms with van der Waals surface area (Å²) in [6, 6.07) is 7.26. The summed E-state index contributed by atoms with van der Waals surface area (Å²) < 4.78 is 10.9. The van der Waals surface area contributed by atoms with Crippen molar-refractivity contribution >= 4 is 22.9 Å². The molecular formula is C20H22N4O3S. The van der Waals surface area contributed by atoms with Gasteiger partial charge in [-0.05, 0) is 56.7 Å². The van der Waals surface area contributed by atoms with Gasteiger partial charge in [0.05, 0.1) is 30.5 Å². The lowest BCUT2D eigenvalue weighted by molar-refractivity contribution is -0.143. The number of ether oxygens (including phenoxy) is 2. The van der Waals surface area contributed by atoms with Gasteiger partial charge >= 0.3 is 5.97 Å². The van der Waals surface area contributed by atoms with Crippen molar-refractivity contribution in [2.75, 3.05) is 7.11 Å².